The Kier molecular flexibility index (Phi) is 6.27. The minimum atomic E-state index is 0.388. The van der Waals surface area contributed by atoms with Crippen LogP contribution in [0.4, 0.5) is 0 Å². The van der Waals surface area contributed by atoms with Gasteiger partial charge in [0.15, 0.2) is 0 Å². The second kappa shape index (κ2) is 7.97. The lowest BCUT2D eigenvalue weighted by Gasteiger charge is -2.23. The van der Waals surface area contributed by atoms with Crippen LogP contribution in [0.3, 0.4) is 0 Å². The fraction of sp³-hybridized carbons (Fsp3) is 0.471. The lowest BCUT2D eigenvalue weighted by molar-refractivity contribution is 0.572. The molecule has 4 heteroatoms. The summed E-state index contributed by atoms with van der Waals surface area (Å²) in [5.41, 5.74) is 5.58. The Bertz CT molecular complexity index is 541. The van der Waals surface area contributed by atoms with Crippen LogP contribution in [-0.4, -0.2) is 17.3 Å². The maximum atomic E-state index is 4.37. The van der Waals surface area contributed by atoms with Gasteiger partial charge in [0.05, 0.1) is 0 Å². The molecule has 0 aliphatic heterocycles. The minimum Gasteiger partial charge on any atom is -0.309 e. The summed E-state index contributed by atoms with van der Waals surface area (Å²) in [5.74, 6) is 1.03. The molecule has 0 saturated carbocycles. The first kappa shape index (κ1) is 16.5. The standard InChI is InChI=1S/C17H24N2S2/c1-5-6-18-15(11-21-17-19-7-8-20-17)16-13(3)9-12(2)10-14(16)4/h7-10,15,18H,5-6,11H2,1-4H3. The fourth-order valence-electron chi connectivity index (χ4n) is 2.74. The number of hydrogen-bond acceptors (Lipinski definition) is 4. The van der Waals surface area contributed by atoms with Gasteiger partial charge in [-0.3, -0.25) is 0 Å². The molecule has 0 spiro atoms. The molecule has 0 saturated heterocycles. The van der Waals surface area contributed by atoms with Gasteiger partial charge in [0.1, 0.15) is 4.34 Å². The molecule has 0 radical (unpaired) electrons. The van der Waals surface area contributed by atoms with Crippen molar-refractivity contribution in [1.29, 1.82) is 0 Å². The van der Waals surface area contributed by atoms with Gasteiger partial charge in [-0.15, -0.1) is 11.3 Å². The van der Waals surface area contributed by atoms with Gasteiger partial charge in [-0.2, -0.15) is 0 Å². The smallest absolute Gasteiger partial charge is 0.149 e. The van der Waals surface area contributed by atoms with Crippen LogP contribution in [0.15, 0.2) is 28.0 Å². The Morgan fingerprint density at radius 3 is 2.52 bits per heavy atom. The van der Waals surface area contributed by atoms with Crippen molar-refractivity contribution in [2.24, 2.45) is 0 Å². The average molecular weight is 321 g/mol. The molecule has 1 atom stereocenters. The van der Waals surface area contributed by atoms with Crippen molar-refractivity contribution in [3.63, 3.8) is 0 Å². The van der Waals surface area contributed by atoms with Gasteiger partial charge in [-0.05, 0) is 50.4 Å². The topological polar surface area (TPSA) is 24.9 Å². The highest BCUT2D eigenvalue weighted by atomic mass is 32.2. The first-order chi connectivity index (χ1) is 10.1. The Morgan fingerprint density at radius 2 is 1.95 bits per heavy atom. The first-order valence-electron chi connectivity index (χ1n) is 7.45. The summed E-state index contributed by atoms with van der Waals surface area (Å²) >= 11 is 3.57. The van der Waals surface area contributed by atoms with E-state index < -0.39 is 0 Å². The molecule has 0 amide bonds. The molecule has 1 aromatic heterocycles. The van der Waals surface area contributed by atoms with Crippen LogP contribution in [0.5, 0.6) is 0 Å². The monoisotopic (exact) mass is 320 g/mol. The molecule has 114 valence electrons. The molecule has 0 aliphatic carbocycles. The van der Waals surface area contributed by atoms with Crippen LogP contribution in [0.25, 0.3) is 0 Å². The fourth-order valence-corrected chi connectivity index (χ4v) is 4.47. The van der Waals surface area contributed by atoms with E-state index in [1.165, 1.54) is 22.3 Å². The molecule has 1 unspecified atom stereocenters. The highest BCUT2D eigenvalue weighted by Gasteiger charge is 2.17. The Morgan fingerprint density at radius 1 is 1.24 bits per heavy atom. The molecule has 2 nitrogen and oxygen atoms in total. The summed E-state index contributed by atoms with van der Waals surface area (Å²) in [4.78, 5) is 4.37. The zero-order chi connectivity index (χ0) is 15.2. The van der Waals surface area contributed by atoms with Crippen molar-refractivity contribution < 1.29 is 0 Å². The summed E-state index contributed by atoms with van der Waals surface area (Å²) in [6.07, 6.45) is 3.03. The number of thiazole rings is 1. The van der Waals surface area contributed by atoms with E-state index in [0.29, 0.717) is 6.04 Å². The predicted molar refractivity (Wildman–Crippen MR) is 94.5 cm³/mol. The van der Waals surface area contributed by atoms with Gasteiger partial charge >= 0.3 is 0 Å². The third-order valence-electron chi connectivity index (χ3n) is 3.51. The highest BCUT2D eigenvalue weighted by molar-refractivity contribution is 8.01. The summed E-state index contributed by atoms with van der Waals surface area (Å²) in [6, 6.07) is 4.97. The lowest BCUT2D eigenvalue weighted by Crippen LogP contribution is -2.25. The highest BCUT2D eigenvalue weighted by Crippen LogP contribution is 2.30. The second-order valence-electron chi connectivity index (χ2n) is 5.43. The van der Waals surface area contributed by atoms with Crippen LogP contribution in [-0.2, 0) is 0 Å². The molecule has 1 aromatic carbocycles. The molecule has 2 aromatic rings. The predicted octanol–water partition coefficient (Wildman–Crippen LogP) is 4.90. The van der Waals surface area contributed by atoms with Crippen LogP contribution < -0.4 is 5.32 Å². The van der Waals surface area contributed by atoms with Crippen LogP contribution in [0, 0.1) is 20.8 Å². The molecule has 0 aliphatic rings. The van der Waals surface area contributed by atoms with E-state index in [0.717, 1.165) is 23.1 Å². The summed E-state index contributed by atoms with van der Waals surface area (Å²) in [6.45, 7) is 9.89. The third-order valence-corrected chi connectivity index (χ3v) is 5.57. The molecule has 0 fully saturated rings. The van der Waals surface area contributed by atoms with Crippen molar-refractivity contribution in [1.82, 2.24) is 10.3 Å². The van der Waals surface area contributed by atoms with E-state index in [9.17, 15) is 0 Å². The summed E-state index contributed by atoms with van der Waals surface area (Å²) in [5, 5.41) is 5.75. The van der Waals surface area contributed by atoms with E-state index in [2.05, 4.69) is 50.1 Å². The van der Waals surface area contributed by atoms with E-state index in [1.54, 1.807) is 11.3 Å². The van der Waals surface area contributed by atoms with Gasteiger partial charge in [0.2, 0.25) is 0 Å². The molecule has 1 N–H and O–H groups in total. The molecule has 21 heavy (non-hydrogen) atoms. The van der Waals surface area contributed by atoms with Gasteiger partial charge in [-0.25, -0.2) is 4.98 Å². The number of thioether (sulfide) groups is 1. The number of aryl methyl sites for hydroxylation is 3. The second-order valence-corrected chi connectivity index (χ2v) is 7.59. The maximum Gasteiger partial charge on any atom is 0.149 e. The number of nitrogens with one attached hydrogen (secondary N) is 1. The molecule has 0 bridgehead atoms. The molecule has 1 heterocycles. The van der Waals surface area contributed by atoms with Crippen molar-refractivity contribution in [3.05, 3.63) is 46.0 Å². The Hall–Kier alpha value is -0.840. The molecular weight excluding hydrogens is 296 g/mol. The zero-order valence-corrected chi connectivity index (χ0v) is 14.9. The minimum absolute atomic E-state index is 0.388. The van der Waals surface area contributed by atoms with E-state index in [4.69, 9.17) is 0 Å². The molecular formula is C17H24N2S2. The quantitative estimate of drug-likeness (QED) is 0.734. The van der Waals surface area contributed by atoms with Crippen LogP contribution >= 0.6 is 23.1 Å². The summed E-state index contributed by atoms with van der Waals surface area (Å²) < 4.78 is 1.15. The summed E-state index contributed by atoms with van der Waals surface area (Å²) in [7, 11) is 0. The van der Waals surface area contributed by atoms with Crippen molar-refractivity contribution in [2.45, 2.75) is 44.5 Å². The Labute approximate surface area is 136 Å². The number of nitrogens with zero attached hydrogens (tertiary/aromatic N) is 1. The molecule has 2 rings (SSSR count). The van der Waals surface area contributed by atoms with Gasteiger partial charge < -0.3 is 5.32 Å². The lowest BCUT2D eigenvalue weighted by atomic mass is 9.95. The van der Waals surface area contributed by atoms with Gasteiger partial charge in [-0.1, -0.05) is 36.4 Å². The normalized spacial score (nSPS) is 12.6. The van der Waals surface area contributed by atoms with Crippen molar-refractivity contribution in [2.75, 3.05) is 12.3 Å². The first-order valence-corrected chi connectivity index (χ1v) is 9.31. The van der Waals surface area contributed by atoms with Crippen LogP contribution in [0.2, 0.25) is 0 Å². The van der Waals surface area contributed by atoms with Crippen molar-refractivity contribution >= 4 is 23.1 Å². The third kappa shape index (κ3) is 4.56. The van der Waals surface area contributed by atoms with Crippen LogP contribution in [0.1, 0.15) is 41.6 Å². The van der Waals surface area contributed by atoms with E-state index in [-0.39, 0.29) is 0 Å². The zero-order valence-electron chi connectivity index (χ0n) is 13.3. The number of benzene rings is 1. The number of rotatable bonds is 7. The van der Waals surface area contributed by atoms with Crippen molar-refractivity contribution in [3.8, 4) is 0 Å². The van der Waals surface area contributed by atoms with Gasteiger partial charge in [0.25, 0.3) is 0 Å². The number of aromatic nitrogens is 1. The maximum absolute atomic E-state index is 4.37. The van der Waals surface area contributed by atoms with E-state index >= 15 is 0 Å². The SMILES string of the molecule is CCCNC(CSc1nccs1)c1c(C)cc(C)cc1C. The van der Waals surface area contributed by atoms with Gasteiger partial charge in [0, 0.05) is 23.4 Å². The Balaban J connectivity index is 2.18. The van der Waals surface area contributed by atoms with E-state index in [1.807, 2.05) is 23.3 Å². The number of hydrogen-bond donors (Lipinski definition) is 1. The largest absolute Gasteiger partial charge is 0.309 e. The average Bonchev–Trinajstić information content (AvgIpc) is 2.93.